The van der Waals surface area contributed by atoms with Crippen LogP contribution in [0.5, 0.6) is 0 Å². The first-order valence-corrected chi connectivity index (χ1v) is 7.37. The number of hydrogen-bond acceptors (Lipinski definition) is 5. The molecule has 0 bridgehead atoms. The Balaban J connectivity index is 1.62. The SMILES string of the molecule is Cc1ccc2nc(NC(=O)COC3(C)CNC3)sc2c1. The molecule has 1 fully saturated rings. The van der Waals surface area contributed by atoms with Crippen molar-refractivity contribution in [3.63, 3.8) is 0 Å². The minimum Gasteiger partial charge on any atom is -0.363 e. The molecule has 1 aliphatic rings. The molecule has 6 heteroatoms. The third-order valence-electron chi connectivity index (χ3n) is 3.34. The summed E-state index contributed by atoms with van der Waals surface area (Å²) in [6, 6.07) is 6.05. The zero-order valence-corrected chi connectivity index (χ0v) is 12.3. The number of carbonyl (C=O) groups excluding carboxylic acids is 1. The van der Waals surface area contributed by atoms with Crippen LogP contribution in [-0.2, 0) is 9.53 Å². The third-order valence-corrected chi connectivity index (χ3v) is 4.27. The summed E-state index contributed by atoms with van der Waals surface area (Å²) in [6.45, 7) is 5.68. The molecule has 20 heavy (non-hydrogen) atoms. The van der Waals surface area contributed by atoms with E-state index in [2.05, 4.69) is 21.7 Å². The number of nitrogens with one attached hydrogen (secondary N) is 2. The summed E-state index contributed by atoms with van der Waals surface area (Å²) < 4.78 is 6.67. The van der Waals surface area contributed by atoms with Gasteiger partial charge in [0.2, 0.25) is 0 Å². The number of carbonyl (C=O) groups is 1. The fraction of sp³-hybridized carbons (Fsp3) is 0.429. The Hall–Kier alpha value is -1.50. The van der Waals surface area contributed by atoms with E-state index >= 15 is 0 Å². The Labute approximate surface area is 121 Å². The number of aromatic nitrogens is 1. The molecule has 0 spiro atoms. The van der Waals surface area contributed by atoms with Crippen LogP contribution in [0.25, 0.3) is 10.2 Å². The number of nitrogens with zero attached hydrogens (tertiary/aromatic N) is 1. The van der Waals surface area contributed by atoms with Gasteiger partial charge in [-0.2, -0.15) is 0 Å². The van der Waals surface area contributed by atoms with Crippen molar-refractivity contribution in [2.45, 2.75) is 19.4 Å². The second kappa shape index (κ2) is 5.12. The summed E-state index contributed by atoms with van der Waals surface area (Å²) in [5, 5.41) is 6.55. The molecule has 2 N–H and O–H groups in total. The van der Waals surface area contributed by atoms with Crippen LogP contribution in [0.2, 0.25) is 0 Å². The fourth-order valence-electron chi connectivity index (χ4n) is 2.06. The van der Waals surface area contributed by atoms with Crippen molar-refractivity contribution >= 4 is 32.6 Å². The van der Waals surface area contributed by atoms with Crippen LogP contribution in [0.1, 0.15) is 12.5 Å². The standard InChI is InChI=1S/C14H17N3O2S/c1-9-3-4-10-11(5-9)20-13(16-10)17-12(18)6-19-14(2)7-15-8-14/h3-5,15H,6-8H2,1-2H3,(H,16,17,18). The normalized spacial score (nSPS) is 16.9. The maximum Gasteiger partial charge on any atom is 0.252 e. The van der Waals surface area contributed by atoms with Crippen LogP contribution in [-0.4, -0.2) is 36.2 Å². The molecule has 2 aromatic rings. The quantitative estimate of drug-likeness (QED) is 0.903. The summed E-state index contributed by atoms with van der Waals surface area (Å²) in [5.74, 6) is -0.158. The van der Waals surface area contributed by atoms with Crippen molar-refractivity contribution in [3.8, 4) is 0 Å². The summed E-state index contributed by atoms with van der Waals surface area (Å²) >= 11 is 1.48. The molecule has 0 unspecified atom stereocenters. The highest BCUT2D eigenvalue weighted by molar-refractivity contribution is 7.22. The summed E-state index contributed by atoms with van der Waals surface area (Å²) in [4.78, 5) is 16.2. The lowest BCUT2D eigenvalue weighted by Crippen LogP contribution is -2.59. The van der Waals surface area contributed by atoms with Crippen LogP contribution >= 0.6 is 11.3 Å². The topological polar surface area (TPSA) is 63.2 Å². The number of ether oxygens (including phenoxy) is 1. The first kappa shape index (κ1) is 13.5. The number of hydrogen-bond donors (Lipinski definition) is 2. The second-order valence-electron chi connectivity index (χ2n) is 5.38. The molecule has 1 aromatic carbocycles. The smallest absolute Gasteiger partial charge is 0.252 e. The Kier molecular flexibility index (Phi) is 3.45. The van der Waals surface area contributed by atoms with Crippen LogP contribution in [0, 0.1) is 6.92 Å². The van der Waals surface area contributed by atoms with Gasteiger partial charge in [-0.05, 0) is 31.5 Å². The molecular weight excluding hydrogens is 274 g/mol. The van der Waals surface area contributed by atoms with Gasteiger partial charge in [0.25, 0.3) is 5.91 Å². The summed E-state index contributed by atoms with van der Waals surface area (Å²) in [7, 11) is 0. The average Bonchev–Trinajstić information content (AvgIpc) is 2.75. The minimum atomic E-state index is -0.206. The largest absolute Gasteiger partial charge is 0.363 e. The first-order chi connectivity index (χ1) is 9.54. The maximum absolute atomic E-state index is 11.9. The fourth-order valence-corrected chi connectivity index (χ4v) is 3.04. The van der Waals surface area contributed by atoms with Crippen molar-refractivity contribution < 1.29 is 9.53 Å². The lowest BCUT2D eigenvalue weighted by molar-refractivity contribution is -0.130. The Morgan fingerprint density at radius 1 is 1.55 bits per heavy atom. The van der Waals surface area contributed by atoms with Gasteiger partial charge in [-0.15, -0.1) is 0 Å². The van der Waals surface area contributed by atoms with Gasteiger partial charge in [-0.1, -0.05) is 17.4 Å². The molecule has 1 aliphatic heterocycles. The van der Waals surface area contributed by atoms with Gasteiger partial charge in [0.05, 0.1) is 15.8 Å². The summed E-state index contributed by atoms with van der Waals surface area (Å²) in [6.07, 6.45) is 0. The van der Waals surface area contributed by atoms with Gasteiger partial charge in [-0.3, -0.25) is 10.1 Å². The molecule has 0 atom stereocenters. The van der Waals surface area contributed by atoms with Crippen molar-refractivity contribution in [2.75, 3.05) is 25.0 Å². The predicted molar refractivity (Wildman–Crippen MR) is 80.2 cm³/mol. The number of benzene rings is 1. The molecule has 1 amide bonds. The number of thiazole rings is 1. The lowest BCUT2D eigenvalue weighted by Gasteiger charge is -2.38. The third kappa shape index (κ3) is 2.82. The van der Waals surface area contributed by atoms with E-state index in [0.29, 0.717) is 5.13 Å². The molecule has 0 aliphatic carbocycles. The van der Waals surface area contributed by atoms with Gasteiger partial charge in [0, 0.05) is 13.1 Å². The lowest BCUT2D eigenvalue weighted by atomic mass is 10.0. The van der Waals surface area contributed by atoms with E-state index in [4.69, 9.17) is 4.74 Å². The first-order valence-electron chi connectivity index (χ1n) is 6.56. The maximum atomic E-state index is 11.9. The molecule has 3 rings (SSSR count). The van der Waals surface area contributed by atoms with E-state index < -0.39 is 0 Å². The number of fused-ring (bicyclic) bond motifs is 1. The Morgan fingerprint density at radius 3 is 3.05 bits per heavy atom. The van der Waals surface area contributed by atoms with Gasteiger partial charge in [0.1, 0.15) is 6.61 Å². The molecule has 2 heterocycles. The van der Waals surface area contributed by atoms with E-state index in [1.165, 1.54) is 16.9 Å². The zero-order valence-electron chi connectivity index (χ0n) is 11.5. The van der Waals surface area contributed by atoms with Crippen LogP contribution in [0.3, 0.4) is 0 Å². The molecule has 0 saturated carbocycles. The number of amides is 1. The average molecular weight is 291 g/mol. The van der Waals surface area contributed by atoms with E-state index in [9.17, 15) is 4.79 Å². The van der Waals surface area contributed by atoms with Gasteiger partial charge >= 0.3 is 0 Å². The molecule has 1 aromatic heterocycles. The van der Waals surface area contributed by atoms with Crippen LogP contribution in [0.15, 0.2) is 18.2 Å². The molecule has 106 valence electrons. The van der Waals surface area contributed by atoms with Gasteiger partial charge < -0.3 is 10.1 Å². The molecule has 0 radical (unpaired) electrons. The van der Waals surface area contributed by atoms with Gasteiger partial charge in [-0.25, -0.2) is 4.98 Å². The van der Waals surface area contributed by atoms with Crippen molar-refractivity contribution in [2.24, 2.45) is 0 Å². The highest BCUT2D eigenvalue weighted by Gasteiger charge is 2.33. The van der Waals surface area contributed by atoms with Gasteiger partial charge in [0.15, 0.2) is 5.13 Å². The molecular formula is C14H17N3O2S. The molecule has 1 saturated heterocycles. The number of anilines is 1. The van der Waals surface area contributed by atoms with E-state index in [1.807, 2.05) is 26.0 Å². The van der Waals surface area contributed by atoms with E-state index in [0.717, 1.165) is 23.3 Å². The van der Waals surface area contributed by atoms with Crippen molar-refractivity contribution in [1.82, 2.24) is 10.3 Å². The van der Waals surface area contributed by atoms with Crippen LogP contribution < -0.4 is 10.6 Å². The van der Waals surface area contributed by atoms with E-state index in [1.54, 1.807) is 0 Å². The molecule has 5 nitrogen and oxygen atoms in total. The second-order valence-corrected chi connectivity index (χ2v) is 6.41. The van der Waals surface area contributed by atoms with Crippen molar-refractivity contribution in [1.29, 1.82) is 0 Å². The monoisotopic (exact) mass is 291 g/mol. The minimum absolute atomic E-state index is 0.0626. The Bertz CT molecular complexity index is 649. The van der Waals surface area contributed by atoms with E-state index in [-0.39, 0.29) is 18.1 Å². The summed E-state index contributed by atoms with van der Waals surface area (Å²) in [5.41, 5.74) is 1.89. The highest BCUT2D eigenvalue weighted by Crippen LogP contribution is 2.26. The Morgan fingerprint density at radius 2 is 2.35 bits per heavy atom. The number of rotatable bonds is 4. The zero-order chi connectivity index (χ0) is 14.2. The van der Waals surface area contributed by atoms with Crippen LogP contribution in [0.4, 0.5) is 5.13 Å². The number of aryl methyl sites for hydroxylation is 1. The predicted octanol–water partition coefficient (Wildman–Crippen LogP) is 1.92. The van der Waals surface area contributed by atoms with Crippen molar-refractivity contribution in [3.05, 3.63) is 23.8 Å². The highest BCUT2D eigenvalue weighted by atomic mass is 32.1.